The Bertz CT molecular complexity index is 969. The van der Waals surface area contributed by atoms with Gasteiger partial charge in [0, 0.05) is 23.6 Å². The molecule has 0 radical (unpaired) electrons. The summed E-state index contributed by atoms with van der Waals surface area (Å²) >= 11 is 3.17. The monoisotopic (exact) mass is 481 g/mol. The summed E-state index contributed by atoms with van der Waals surface area (Å²) < 4.78 is 14.2. The fourth-order valence-electron chi connectivity index (χ4n) is 3.16. The van der Waals surface area contributed by atoms with E-state index in [2.05, 4.69) is 30.9 Å². The summed E-state index contributed by atoms with van der Waals surface area (Å²) in [6.45, 7) is 5.71. The van der Waals surface area contributed by atoms with Gasteiger partial charge in [-0.1, -0.05) is 23.5 Å². The first kappa shape index (κ1) is 25.6. The molecule has 8 heteroatoms. The molecule has 31 heavy (non-hydrogen) atoms. The fraction of sp³-hybridized carbons (Fsp3) is 0.391. The minimum absolute atomic E-state index is 0. The van der Waals surface area contributed by atoms with Crippen molar-refractivity contribution in [1.29, 1.82) is 0 Å². The van der Waals surface area contributed by atoms with Crippen molar-refractivity contribution in [2.24, 2.45) is 0 Å². The topological polar surface area (TPSA) is 36.4 Å². The van der Waals surface area contributed by atoms with E-state index in [4.69, 9.17) is 4.98 Å². The Labute approximate surface area is 198 Å². The van der Waals surface area contributed by atoms with Crippen molar-refractivity contribution < 1.29 is 9.18 Å². The number of carbonyl (C=O) groups excluding carboxylic acids is 1. The van der Waals surface area contributed by atoms with Gasteiger partial charge in [0.05, 0.1) is 10.2 Å². The standard InChI is InChI=1S/C23H28FN3OS2.ClH/c1-16-6-7-17(2)22-21(16)25-23(30-22)27(14-5-13-26(3)4)20(28)12-15-29-19-10-8-18(24)9-11-19;/h6-11H,5,12-15H2,1-4H3;1H. The molecule has 2 aromatic carbocycles. The zero-order chi connectivity index (χ0) is 21.7. The Morgan fingerprint density at radius 3 is 2.39 bits per heavy atom. The predicted molar refractivity (Wildman–Crippen MR) is 134 cm³/mol. The van der Waals surface area contributed by atoms with E-state index in [9.17, 15) is 9.18 Å². The number of rotatable bonds is 9. The van der Waals surface area contributed by atoms with Crippen LogP contribution in [0.3, 0.4) is 0 Å². The van der Waals surface area contributed by atoms with Gasteiger partial charge in [-0.15, -0.1) is 24.2 Å². The number of thioether (sulfide) groups is 1. The van der Waals surface area contributed by atoms with E-state index in [0.717, 1.165) is 38.8 Å². The number of aromatic nitrogens is 1. The summed E-state index contributed by atoms with van der Waals surface area (Å²) in [5.74, 6) is 0.485. The first-order chi connectivity index (χ1) is 14.3. The predicted octanol–water partition coefficient (Wildman–Crippen LogP) is 5.94. The number of thiazole rings is 1. The maximum Gasteiger partial charge on any atom is 0.229 e. The van der Waals surface area contributed by atoms with Crippen LogP contribution in [0.4, 0.5) is 9.52 Å². The van der Waals surface area contributed by atoms with E-state index in [1.54, 1.807) is 35.2 Å². The molecule has 0 saturated carbocycles. The van der Waals surface area contributed by atoms with Gasteiger partial charge >= 0.3 is 0 Å². The van der Waals surface area contributed by atoms with Crippen LogP contribution in [0.1, 0.15) is 24.0 Å². The molecule has 3 rings (SSSR count). The summed E-state index contributed by atoms with van der Waals surface area (Å²) in [5, 5.41) is 0.776. The number of amides is 1. The van der Waals surface area contributed by atoms with Crippen molar-refractivity contribution in [2.75, 3.05) is 37.8 Å². The molecule has 0 aliphatic heterocycles. The van der Waals surface area contributed by atoms with Crippen LogP contribution in [0.5, 0.6) is 0 Å². The first-order valence-corrected chi connectivity index (χ1v) is 11.9. The van der Waals surface area contributed by atoms with Crippen LogP contribution < -0.4 is 4.90 Å². The molecule has 0 aliphatic carbocycles. The molecule has 0 saturated heterocycles. The highest BCUT2D eigenvalue weighted by Gasteiger charge is 2.20. The third-order valence-electron chi connectivity index (χ3n) is 4.85. The minimum Gasteiger partial charge on any atom is -0.309 e. The van der Waals surface area contributed by atoms with Gasteiger partial charge < -0.3 is 4.90 Å². The Balaban J connectivity index is 0.00000341. The quantitative estimate of drug-likeness (QED) is 0.354. The number of carbonyl (C=O) groups is 1. The van der Waals surface area contributed by atoms with Gasteiger partial charge in [-0.3, -0.25) is 9.69 Å². The van der Waals surface area contributed by atoms with E-state index < -0.39 is 0 Å². The zero-order valence-electron chi connectivity index (χ0n) is 18.4. The number of hydrogen-bond acceptors (Lipinski definition) is 5. The molecule has 4 nitrogen and oxygen atoms in total. The van der Waals surface area contributed by atoms with Gasteiger partial charge in [-0.05, 0) is 76.3 Å². The van der Waals surface area contributed by atoms with Gasteiger partial charge in [0.1, 0.15) is 5.82 Å². The molecule has 1 aromatic heterocycles. The molecular weight excluding hydrogens is 453 g/mol. The number of benzene rings is 2. The number of nitrogens with zero attached hydrogens (tertiary/aromatic N) is 3. The van der Waals surface area contributed by atoms with E-state index in [-0.39, 0.29) is 24.1 Å². The molecule has 0 atom stereocenters. The highest BCUT2D eigenvalue weighted by atomic mass is 35.5. The van der Waals surface area contributed by atoms with Crippen LogP contribution in [-0.4, -0.2) is 48.7 Å². The average molecular weight is 482 g/mol. The lowest BCUT2D eigenvalue weighted by Gasteiger charge is -2.21. The molecule has 0 aliphatic rings. The van der Waals surface area contributed by atoms with Crippen LogP contribution in [-0.2, 0) is 4.79 Å². The van der Waals surface area contributed by atoms with Crippen molar-refractivity contribution in [3.63, 3.8) is 0 Å². The van der Waals surface area contributed by atoms with Gasteiger partial charge in [0.2, 0.25) is 5.91 Å². The number of fused-ring (bicyclic) bond motifs is 1. The summed E-state index contributed by atoms with van der Waals surface area (Å²) in [6.07, 6.45) is 1.30. The Kier molecular flexibility index (Phi) is 9.75. The fourth-order valence-corrected chi connectivity index (χ4v) is 5.15. The lowest BCUT2D eigenvalue weighted by Crippen LogP contribution is -2.33. The number of aryl methyl sites for hydroxylation is 2. The largest absolute Gasteiger partial charge is 0.309 e. The first-order valence-electron chi connectivity index (χ1n) is 10.1. The van der Waals surface area contributed by atoms with Crippen LogP contribution >= 0.6 is 35.5 Å². The Hall–Kier alpha value is -1.67. The second-order valence-electron chi connectivity index (χ2n) is 7.63. The average Bonchev–Trinajstić information content (AvgIpc) is 3.16. The highest BCUT2D eigenvalue weighted by Crippen LogP contribution is 2.33. The lowest BCUT2D eigenvalue weighted by molar-refractivity contribution is -0.118. The van der Waals surface area contributed by atoms with Crippen LogP contribution in [0.25, 0.3) is 10.2 Å². The maximum atomic E-state index is 13.1. The molecular formula is C23H29ClFN3OS2. The number of hydrogen-bond donors (Lipinski definition) is 0. The number of halogens is 2. The molecule has 168 valence electrons. The third kappa shape index (κ3) is 6.91. The molecule has 1 heterocycles. The summed E-state index contributed by atoms with van der Waals surface area (Å²) in [5.41, 5.74) is 3.30. The number of anilines is 1. The van der Waals surface area contributed by atoms with E-state index in [0.29, 0.717) is 18.7 Å². The molecule has 0 fully saturated rings. The van der Waals surface area contributed by atoms with Crippen LogP contribution in [0.2, 0.25) is 0 Å². The van der Waals surface area contributed by atoms with Gasteiger partial charge in [-0.2, -0.15) is 0 Å². The van der Waals surface area contributed by atoms with Gasteiger partial charge in [-0.25, -0.2) is 9.37 Å². The lowest BCUT2D eigenvalue weighted by atomic mass is 10.1. The smallest absolute Gasteiger partial charge is 0.229 e. The highest BCUT2D eigenvalue weighted by molar-refractivity contribution is 7.99. The van der Waals surface area contributed by atoms with Crippen molar-refractivity contribution in [2.45, 2.75) is 31.6 Å². The van der Waals surface area contributed by atoms with E-state index in [1.807, 2.05) is 19.0 Å². The van der Waals surface area contributed by atoms with E-state index in [1.165, 1.54) is 17.7 Å². The molecule has 0 bridgehead atoms. The second kappa shape index (κ2) is 11.8. The summed E-state index contributed by atoms with van der Waals surface area (Å²) in [6, 6.07) is 10.6. The normalized spacial score (nSPS) is 11.0. The molecule has 3 aromatic rings. The van der Waals surface area contributed by atoms with E-state index >= 15 is 0 Å². The van der Waals surface area contributed by atoms with Crippen LogP contribution in [0, 0.1) is 19.7 Å². The van der Waals surface area contributed by atoms with Crippen molar-refractivity contribution in [3.05, 3.63) is 53.3 Å². The Morgan fingerprint density at radius 2 is 1.74 bits per heavy atom. The molecule has 1 amide bonds. The second-order valence-corrected chi connectivity index (χ2v) is 9.77. The van der Waals surface area contributed by atoms with Crippen molar-refractivity contribution in [3.8, 4) is 0 Å². The van der Waals surface area contributed by atoms with Crippen molar-refractivity contribution >= 4 is 56.8 Å². The summed E-state index contributed by atoms with van der Waals surface area (Å²) in [4.78, 5) is 22.9. The van der Waals surface area contributed by atoms with Gasteiger partial charge in [0.15, 0.2) is 5.13 Å². The SMILES string of the molecule is Cc1ccc(C)c2sc(N(CCCN(C)C)C(=O)CCSc3ccc(F)cc3)nc12.Cl. The minimum atomic E-state index is -0.246. The maximum absolute atomic E-state index is 13.1. The van der Waals surface area contributed by atoms with Crippen LogP contribution in [0.15, 0.2) is 41.3 Å². The third-order valence-corrected chi connectivity index (χ3v) is 7.08. The Morgan fingerprint density at radius 1 is 1.06 bits per heavy atom. The van der Waals surface area contributed by atoms with Crippen molar-refractivity contribution in [1.82, 2.24) is 9.88 Å². The zero-order valence-corrected chi connectivity index (χ0v) is 20.8. The summed E-state index contributed by atoms with van der Waals surface area (Å²) in [7, 11) is 4.08. The molecule has 0 N–H and O–H groups in total. The molecule has 0 spiro atoms. The van der Waals surface area contributed by atoms with Gasteiger partial charge in [0.25, 0.3) is 0 Å². The molecule has 0 unspecified atom stereocenters.